The van der Waals surface area contributed by atoms with E-state index in [1.54, 1.807) is 0 Å². The van der Waals surface area contributed by atoms with Gasteiger partial charge in [-0.1, -0.05) is 130 Å². The van der Waals surface area contributed by atoms with Crippen molar-refractivity contribution in [1.29, 1.82) is 0 Å². The van der Waals surface area contributed by atoms with Crippen LogP contribution in [0.2, 0.25) is 0 Å². The minimum absolute atomic E-state index is 0.178. The number of aromatic nitrogens is 3. The van der Waals surface area contributed by atoms with Crippen LogP contribution >= 0.6 is 0 Å². The first-order valence-electron chi connectivity index (χ1n) is 19.7. The molecular weight excluding hydrogens is 781 g/mol. The van der Waals surface area contributed by atoms with Crippen molar-refractivity contribution in [3.63, 3.8) is 0 Å². The van der Waals surface area contributed by atoms with Crippen molar-refractivity contribution in [3.8, 4) is 61.8 Å². The first-order valence-corrected chi connectivity index (χ1v) is 19.7. The maximum Gasteiger partial charge on any atom is 0.416 e. The predicted molar refractivity (Wildman–Crippen MR) is 232 cm³/mol. The predicted octanol–water partition coefficient (Wildman–Crippen LogP) is 15.2. The molecule has 0 N–H and O–H groups in total. The molecule has 0 saturated heterocycles. The van der Waals surface area contributed by atoms with Crippen LogP contribution in [0.25, 0.3) is 83.6 Å². The number of alkyl halides is 6. The first kappa shape index (κ1) is 39.5. The van der Waals surface area contributed by atoms with E-state index in [4.69, 9.17) is 9.97 Å². The summed E-state index contributed by atoms with van der Waals surface area (Å²) in [5.41, 5.74) is 6.93. The van der Waals surface area contributed by atoms with E-state index >= 15 is 0 Å². The molecule has 302 valence electrons. The molecule has 0 aliphatic heterocycles. The fraction of sp³-hybridized carbons (Fsp3) is 0.115. The summed E-state index contributed by atoms with van der Waals surface area (Å²) in [7, 11) is 0. The van der Waals surface area contributed by atoms with Crippen LogP contribution in [0.3, 0.4) is 0 Å². The average Bonchev–Trinajstić information content (AvgIpc) is 3.59. The molecule has 0 bridgehead atoms. The van der Waals surface area contributed by atoms with Crippen LogP contribution in [0.15, 0.2) is 170 Å². The minimum atomic E-state index is -4.58. The van der Waals surface area contributed by atoms with E-state index in [-0.39, 0.29) is 5.41 Å². The maximum absolute atomic E-state index is 14.0. The van der Waals surface area contributed by atoms with E-state index in [0.717, 1.165) is 62.8 Å². The van der Waals surface area contributed by atoms with Gasteiger partial charge in [0.25, 0.3) is 0 Å². The monoisotopic (exact) mass is 817 g/mol. The molecule has 0 spiro atoms. The summed E-state index contributed by atoms with van der Waals surface area (Å²) < 4.78 is 86.3. The Morgan fingerprint density at radius 1 is 0.393 bits per heavy atom. The van der Waals surface area contributed by atoms with Gasteiger partial charge in [-0.25, -0.2) is 9.97 Å². The molecule has 9 heteroatoms. The standard InChI is InChI=1S/C52H37F6N3/c1-50(2,3)39-26-27-47-43(30-39)40-16-10-11-17-46(40)61(47)48-41(32-18-22-37(23-19-32)51(53,54)55)28-36(29-42(48)33-20-24-38(25-21-33)52(56,57)58)49-59-44(34-12-6-4-7-13-34)31-45(60-49)35-14-8-5-9-15-35/h4-31H,1-3H3. The van der Waals surface area contributed by atoms with E-state index < -0.39 is 23.5 Å². The van der Waals surface area contributed by atoms with Crippen molar-refractivity contribution in [1.82, 2.24) is 14.5 Å². The average molecular weight is 818 g/mol. The molecule has 0 aliphatic rings. The Hall–Kier alpha value is -7.00. The summed E-state index contributed by atoms with van der Waals surface area (Å²) in [6.07, 6.45) is -9.16. The van der Waals surface area contributed by atoms with Crippen molar-refractivity contribution in [2.75, 3.05) is 0 Å². The van der Waals surface area contributed by atoms with E-state index in [1.165, 1.54) is 24.3 Å². The molecule has 3 nitrogen and oxygen atoms in total. The van der Waals surface area contributed by atoms with Gasteiger partial charge >= 0.3 is 12.4 Å². The molecule has 2 aromatic heterocycles. The lowest BCUT2D eigenvalue weighted by Crippen LogP contribution is -2.10. The van der Waals surface area contributed by atoms with E-state index in [2.05, 4.69) is 37.5 Å². The Labute approximate surface area is 348 Å². The van der Waals surface area contributed by atoms with Crippen molar-refractivity contribution >= 4 is 21.8 Å². The highest BCUT2D eigenvalue weighted by Crippen LogP contribution is 2.45. The van der Waals surface area contributed by atoms with Gasteiger partial charge in [-0.15, -0.1) is 0 Å². The van der Waals surface area contributed by atoms with Crippen LogP contribution in [-0.4, -0.2) is 14.5 Å². The van der Waals surface area contributed by atoms with Crippen LogP contribution in [0.1, 0.15) is 37.5 Å². The second-order valence-electron chi connectivity index (χ2n) is 16.1. The van der Waals surface area contributed by atoms with Gasteiger partial charge in [0.15, 0.2) is 5.82 Å². The summed E-state index contributed by atoms with van der Waals surface area (Å²) in [5, 5.41) is 1.89. The third kappa shape index (κ3) is 7.56. The van der Waals surface area contributed by atoms with Crippen molar-refractivity contribution < 1.29 is 26.3 Å². The van der Waals surface area contributed by atoms with Gasteiger partial charge in [0, 0.05) is 38.6 Å². The third-order valence-corrected chi connectivity index (χ3v) is 11.0. The SMILES string of the molecule is CC(C)(C)c1ccc2c(c1)c1ccccc1n2-c1c(-c2ccc(C(F)(F)F)cc2)cc(-c2nc(-c3ccccc3)cc(-c3ccccc3)n2)cc1-c1ccc(C(F)(F)F)cc1. The van der Waals surface area contributed by atoms with Gasteiger partial charge in [-0.05, 0) is 82.8 Å². The smallest absolute Gasteiger partial charge is 0.308 e. The molecule has 0 fully saturated rings. The van der Waals surface area contributed by atoms with Crippen LogP contribution in [-0.2, 0) is 17.8 Å². The Balaban J connectivity index is 1.42. The zero-order valence-electron chi connectivity index (χ0n) is 33.3. The maximum atomic E-state index is 14.0. The number of hydrogen-bond donors (Lipinski definition) is 0. The zero-order valence-corrected chi connectivity index (χ0v) is 33.3. The second-order valence-corrected chi connectivity index (χ2v) is 16.1. The first-order chi connectivity index (χ1) is 29.1. The Morgan fingerprint density at radius 3 is 1.31 bits per heavy atom. The van der Waals surface area contributed by atoms with Gasteiger partial charge in [0.1, 0.15) is 0 Å². The molecule has 0 aliphatic carbocycles. The van der Waals surface area contributed by atoms with Gasteiger partial charge in [-0.3, -0.25) is 0 Å². The molecule has 9 rings (SSSR count). The van der Waals surface area contributed by atoms with Crippen molar-refractivity contribution in [2.45, 2.75) is 38.5 Å². The van der Waals surface area contributed by atoms with Crippen LogP contribution in [0, 0.1) is 0 Å². The molecular formula is C52H37F6N3. The summed E-state index contributed by atoms with van der Waals surface area (Å²) in [6.45, 7) is 6.40. The molecule has 2 heterocycles. The lowest BCUT2D eigenvalue weighted by molar-refractivity contribution is -0.138. The van der Waals surface area contributed by atoms with Crippen LogP contribution in [0.4, 0.5) is 26.3 Å². The van der Waals surface area contributed by atoms with Gasteiger partial charge in [0.2, 0.25) is 0 Å². The highest BCUT2D eigenvalue weighted by atomic mass is 19.4. The fourth-order valence-electron chi connectivity index (χ4n) is 7.89. The number of rotatable bonds is 6. The number of para-hydroxylation sites is 1. The van der Waals surface area contributed by atoms with Gasteiger partial charge in [0.05, 0.1) is 39.2 Å². The Kier molecular flexibility index (Phi) is 9.65. The number of fused-ring (bicyclic) bond motifs is 3. The van der Waals surface area contributed by atoms with Crippen molar-refractivity contribution in [2.24, 2.45) is 0 Å². The number of hydrogen-bond acceptors (Lipinski definition) is 2. The molecule has 9 aromatic rings. The minimum Gasteiger partial charge on any atom is -0.308 e. The molecule has 0 radical (unpaired) electrons. The van der Waals surface area contributed by atoms with Crippen LogP contribution < -0.4 is 0 Å². The zero-order chi connectivity index (χ0) is 42.7. The summed E-state index contributed by atoms with van der Waals surface area (Å²) >= 11 is 0. The lowest BCUT2D eigenvalue weighted by Gasteiger charge is -2.22. The molecule has 7 aromatic carbocycles. The molecule has 0 saturated carbocycles. The van der Waals surface area contributed by atoms with E-state index in [9.17, 15) is 26.3 Å². The summed E-state index contributed by atoms with van der Waals surface area (Å²) in [4.78, 5) is 10.1. The molecule has 0 atom stereocenters. The third-order valence-electron chi connectivity index (χ3n) is 11.0. The topological polar surface area (TPSA) is 30.7 Å². The van der Waals surface area contributed by atoms with Gasteiger partial charge < -0.3 is 4.57 Å². The summed E-state index contributed by atoms with van der Waals surface area (Å²) in [6, 6.07) is 48.9. The fourth-order valence-corrected chi connectivity index (χ4v) is 7.89. The lowest BCUT2D eigenvalue weighted by atomic mass is 9.86. The normalized spacial score (nSPS) is 12.3. The molecule has 0 unspecified atom stereocenters. The van der Waals surface area contributed by atoms with Gasteiger partial charge in [-0.2, -0.15) is 26.3 Å². The molecule has 0 amide bonds. The van der Waals surface area contributed by atoms with Crippen molar-refractivity contribution in [3.05, 3.63) is 187 Å². The highest BCUT2D eigenvalue weighted by Gasteiger charge is 2.32. The number of nitrogens with zero attached hydrogens (tertiary/aromatic N) is 3. The Morgan fingerprint density at radius 2 is 0.836 bits per heavy atom. The number of halogens is 6. The molecule has 61 heavy (non-hydrogen) atoms. The Bertz CT molecular complexity index is 2910. The second kappa shape index (κ2) is 14.9. The van der Waals surface area contributed by atoms with E-state index in [0.29, 0.717) is 50.7 Å². The van der Waals surface area contributed by atoms with E-state index in [1.807, 2.05) is 109 Å². The number of benzene rings is 7. The highest BCUT2D eigenvalue weighted by molar-refractivity contribution is 6.11. The summed E-state index contributed by atoms with van der Waals surface area (Å²) in [5.74, 6) is 0.324. The quantitative estimate of drug-likeness (QED) is 0.157. The largest absolute Gasteiger partial charge is 0.416 e. The van der Waals surface area contributed by atoms with Crippen LogP contribution in [0.5, 0.6) is 0 Å².